The third-order valence-corrected chi connectivity index (χ3v) is 5.30. The van der Waals surface area contributed by atoms with E-state index in [0.29, 0.717) is 31.6 Å². The molecule has 6 nitrogen and oxygen atoms in total. The maximum atomic E-state index is 13.0. The Morgan fingerprint density at radius 1 is 1.12 bits per heavy atom. The van der Waals surface area contributed by atoms with E-state index >= 15 is 0 Å². The quantitative estimate of drug-likeness (QED) is 0.788. The smallest absolute Gasteiger partial charge is 0.245 e. The minimum absolute atomic E-state index is 0.0521. The highest BCUT2D eigenvalue weighted by Crippen LogP contribution is 2.32. The number of hydrogen-bond donors (Lipinski definition) is 1. The fraction of sp³-hybridized carbons (Fsp3) is 0.350. The normalized spacial score (nSPS) is 18.0. The van der Waals surface area contributed by atoms with E-state index in [2.05, 4.69) is 9.97 Å². The number of aromatic nitrogens is 3. The molecule has 3 heterocycles. The average Bonchev–Trinajstić information content (AvgIpc) is 3.12. The zero-order valence-corrected chi connectivity index (χ0v) is 14.7. The van der Waals surface area contributed by atoms with Crippen molar-refractivity contribution in [1.29, 1.82) is 0 Å². The molecule has 4 rings (SSSR count). The molecule has 1 fully saturated rings. The van der Waals surface area contributed by atoms with Crippen molar-refractivity contribution in [3.05, 3.63) is 60.7 Å². The molecule has 0 aliphatic carbocycles. The molecule has 1 saturated heterocycles. The zero-order chi connectivity index (χ0) is 18.1. The van der Waals surface area contributed by atoms with Gasteiger partial charge in [-0.05, 0) is 44.0 Å². The lowest BCUT2D eigenvalue weighted by Crippen LogP contribution is -2.47. The summed E-state index contributed by atoms with van der Waals surface area (Å²) in [6.45, 7) is 2.93. The van der Waals surface area contributed by atoms with E-state index in [1.807, 2.05) is 58.9 Å². The van der Waals surface area contributed by atoms with Crippen LogP contribution in [0.2, 0.25) is 0 Å². The van der Waals surface area contributed by atoms with Crippen LogP contribution in [0.5, 0.6) is 0 Å². The van der Waals surface area contributed by atoms with Crippen molar-refractivity contribution in [1.82, 2.24) is 19.4 Å². The van der Waals surface area contributed by atoms with Gasteiger partial charge < -0.3 is 14.6 Å². The van der Waals surface area contributed by atoms with Crippen molar-refractivity contribution in [3.63, 3.8) is 0 Å². The number of amides is 1. The van der Waals surface area contributed by atoms with Gasteiger partial charge in [0.15, 0.2) is 0 Å². The summed E-state index contributed by atoms with van der Waals surface area (Å²) in [5.41, 5.74) is 1.56. The van der Waals surface area contributed by atoms with Crippen LogP contribution in [0.4, 0.5) is 0 Å². The molecule has 3 aromatic rings. The Kier molecular flexibility index (Phi) is 4.20. The lowest BCUT2D eigenvalue weighted by Gasteiger charge is -2.38. The van der Waals surface area contributed by atoms with E-state index in [1.165, 1.54) is 0 Å². The van der Waals surface area contributed by atoms with Gasteiger partial charge >= 0.3 is 0 Å². The van der Waals surface area contributed by atoms with Crippen molar-refractivity contribution >= 4 is 16.9 Å². The summed E-state index contributed by atoms with van der Waals surface area (Å²) in [6.07, 6.45) is 4.40. The molecule has 0 spiro atoms. The summed E-state index contributed by atoms with van der Waals surface area (Å²) in [5.74, 6) is 0.0521. The molecule has 0 unspecified atom stereocenters. The Labute approximate surface area is 152 Å². The van der Waals surface area contributed by atoms with Gasteiger partial charge in [-0.1, -0.05) is 18.2 Å². The summed E-state index contributed by atoms with van der Waals surface area (Å²) < 4.78 is 1.91. The van der Waals surface area contributed by atoms with Crippen LogP contribution in [-0.2, 0) is 10.4 Å². The first-order chi connectivity index (χ1) is 12.6. The van der Waals surface area contributed by atoms with Gasteiger partial charge in [-0.3, -0.25) is 9.78 Å². The number of benzene rings is 1. The highest BCUT2D eigenvalue weighted by atomic mass is 16.3. The molecule has 1 N–H and O–H groups in total. The number of carbonyl (C=O) groups is 1. The van der Waals surface area contributed by atoms with Gasteiger partial charge in [0.1, 0.15) is 11.6 Å². The predicted octanol–water partition coefficient (Wildman–Crippen LogP) is 2.50. The molecule has 134 valence electrons. The maximum absolute atomic E-state index is 13.0. The van der Waals surface area contributed by atoms with Gasteiger partial charge in [0, 0.05) is 19.3 Å². The third-order valence-electron chi connectivity index (χ3n) is 5.30. The molecule has 1 atom stereocenters. The number of rotatable bonds is 3. The van der Waals surface area contributed by atoms with Gasteiger partial charge in [0.25, 0.3) is 0 Å². The first-order valence-electron chi connectivity index (χ1n) is 8.93. The average molecular weight is 350 g/mol. The van der Waals surface area contributed by atoms with Crippen molar-refractivity contribution in [2.24, 2.45) is 0 Å². The standard InChI is InChI=1S/C20H22N4O2/c1-15(24-14-22-16-6-2-3-7-17(16)24)19(25)23-12-9-20(26,10-13-23)18-8-4-5-11-21-18/h2-8,11,14-15,26H,9-10,12-13H2,1H3/t15-/m1/s1. The van der Waals surface area contributed by atoms with Crippen molar-refractivity contribution < 1.29 is 9.90 Å². The second-order valence-electron chi connectivity index (χ2n) is 6.89. The molecule has 1 aliphatic heterocycles. The van der Waals surface area contributed by atoms with E-state index in [9.17, 15) is 9.90 Å². The number of nitrogens with zero attached hydrogens (tertiary/aromatic N) is 4. The number of aliphatic hydroxyl groups is 1. The molecule has 2 aromatic heterocycles. The number of piperidine rings is 1. The molecule has 1 aliphatic rings. The van der Waals surface area contributed by atoms with Crippen LogP contribution in [0.25, 0.3) is 11.0 Å². The number of imidazole rings is 1. The second-order valence-corrected chi connectivity index (χ2v) is 6.89. The fourth-order valence-electron chi connectivity index (χ4n) is 3.66. The van der Waals surface area contributed by atoms with Crippen LogP contribution in [-0.4, -0.2) is 43.5 Å². The Morgan fingerprint density at radius 3 is 2.58 bits per heavy atom. The largest absolute Gasteiger partial charge is 0.383 e. The lowest BCUT2D eigenvalue weighted by molar-refractivity contribution is -0.138. The topological polar surface area (TPSA) is 71.2 Å². The van der Waals surface area contributed by atoms with E-state index in [1.54, 1.807) is 12.5 Å². The zero-order valence-electron chi connectivity index (χ0n) is 14.7. The molecule has 1 aromatic carbocycles. The van der Waals surface area contributed by atoms with Gasteiger partial charge in [-0.2, -0.15) is 0 Å². The first kappa shape index (κ1) is 16.7. The predicted molar refractivity (Wildman–Crippen MR) is 98.4 cm³/mol. The minimum atomic E-state index is -0.955. The number of carbonyl (C=O) groups excluding carboxylic acids is 1. The number of hydrogen-bond acceptors (Lipinski definition) is 4. The van der Waals surface area contributed by atoms with E-state index in [4.69, 9.17) is 0 Å². The van der Waals surface area contributed by atoms with Gasteiger partial charge in [0.2, 0.25) is 5.91 Å². The Bertz CT molecular complexity index is 914. The molecule has 0 bridgehead atoms. The van der Waals surface area contributed by atoms with Crippen molar-refractivity contribution in [2.75, 3.05) is 13.1 Å². The monoisotopic (exact) mass is 350 g/mol. The molecule has 1 amide bonds. The van der Waals surface area contributed by atoms with Gasteiger partial charge in [0.05, 0.1) is 23.1 Å². The number of fused-ring (bicyclic) bond motifs is 1. The van der Waals surface area contributed by atoms with Crippen LogP contribution >= 0.6 is 0 Å². The van der Waals surface area contributed by atoms with E-state index < -0.39 is 5.60 Å². The van der Waals surface area contributed by atoms with Gasteiger partial charge in [-0.25, -0.2) is 4.98 Å². The SMILES string of the molecule is C[C@H](C(=O)N1CCC(O)(c2ccccn2)CC1)n1cnc2ccccc21. The Morgan fingerprint density at radius 2 is 1.85 bits per heavy atom. The highest BCUT2D eigenvalue weighted by Gasteiger charge is 2.37. The molecular weight excluding hydrogens is 328 g/mol. The Hall–Kier alpha value is -2.73. The fourth-order valence-corrected chi connectivity index (χ4v) is 3.66. The summed E-state index contributed by atoms with van der Waals surface area (Å²) in [7, 11) is 0. The highest BCUT2D eigenvalue weighted by molar-refractivity contribution is 5.83. The van der Waals surface area contributed by atoms with Gasteiger partial charge in [-0.15, -0.1) is 0 Å². The Balaban J connectivity index is 1.48. The number of likely N-dealkylation sites (tertiary alicyclic amines) is 1. The summed E-state index contributed by atoms with van der Waals surface area (Å²) in [4.78, 5) is 23.5. The minimum Gasteiger partial charge on any atom is -0.383 e. The molecule has 6 heteroatoms. The summed E-state index contributed by atoms with van der Waals surface area (Å²) >= 11 is 0. The van der Waals surface area contributed by atoms with Crippen LogP contribution in [0.1, 0.15) is 31.5 Å². The molecule has 26 heavy (non-hydrogen) atoms. The van der Waals surface area contributed by atoms with Crippen molar-refractivity contribution in [3.8, 4) is 0 Å². The number of para-hydroxylation sites is 2. The maximum Gasteiger partial charge on any atom is 0.245 e. The van der Waals surface area contributed by atoms with Crippen LogP contribution < -0.4 is 0 Å². The molecular formula is C20H22N4O2. The van der Waals surface area contributed by atoms with Crippen molar-refractivity contribution in [2.45, 2.75) is 31.4 Å². The summed E-state index contributed by atoms with van der Waals surface area (Å²) in [5, 5.41) is 10.9. The third kappa shape index (κ3) is 2.86. The van der Waals surface area contributed by atoms with Crippen LogP contribution in [0.15, 0.2) is 55.0 Å². The van der Waals surface area contributed by atoms with Crippen LogP contribution in [0.3, 0.4) is 0 Å². The molecule has 0 radical (unpaired) electrons. The first-order valence-corrected chi connectivity index (χ1v) is 8.93. The second kappa shape index (κ2) is 6.53. The van der Waals surface area contributed by atoms with Crippen LogP contribution in [0, 0.1) is 0 Å². The van der Waals surface area contributed by atoms with E-state index in [0.717, 1.165) is 11.0 Å². The lowest BCUT2D eigenvalue weighted by atomic mass is 9.87. The molecule has 0 saturated carbocycles. The van der Waals surface area contributed by atoms with E-state index in [-0.39, 0.29) is 11.9 Å². The summed E-state index contributed by atoms with van der Waals surface area (Å²) in [6, 6.07) is 13.0. The number of pyridine rings is 1.